The number of hydrogen-bond acceptors (Lipinski definition) is 2. The minimum atomic E-state index is -0.838. The quantitative estimate of drug-likeness (QED) is 0.351. The SMILES string of the molecule is CC=CCCC1CCC(C2CCC(C3CCC(c4ccc(OCC)c(F)c4F)CC3)OC2)CC1. The summed E-state index contributed by atoms with van der Waals surface area (Å²) in [6.07, 6.45) is 19.4. The monoisotopic (exact) mass is 474 g/mol. The van der Waals surface area contributed by atoms with Gasteiger partial charge in [0.15, 0.2) is 11.6 Å². The average molecular weight is 475 g/mol. The van der Waals surface area contributed by atoms with E-state index in [1.54, 1.807) is 19.1 Å². The molecular weight excluding hydrogens is 430 g/mol. The van der Waals surface area contributed by atoms with E-state index in [-0.39, 0.29) is 11.7 Å². The molecule has 4 heteroatoms. The Bertz CT molecular complexity index is 783. The van der Waals surface area contributed by atoms with Crippen LogP contribution in [0.3, 0.4) is 0 Å². The Hall–Kier alpha value is -1.42. The number of halogens is 2. The minimum absolute atomic E-state index is 0.0183. The van der Waals surface area contributed by atoms with Gasteiger partial charge in [0.1, 0.15) is 0 Å². The van der Waals surface area contributed by atoms with Gasteiger partial charge in [0, 0.05) is 0 Å². The van der Waals surface area contributed by atoms with E-state index in [1.165, 1.54) is 51.4 Å². The van der Waals surface area contributed by atoms with Gasteiger partial charge in [-0.25, -0.2) is 4.39 Å². The average Bonchev–Trinajstić information content (AvgIpc) is 2.88. The van der Waals surface area contributed by atoms with Crippen LogP contribution in [0.15, 0.2) is 24.3 Å². The van der Waals surface area contributed by atoms with Gasteiger partial charge in [-0.15, -0.1) is 0 Å². The van der Waals surface area contributed by atoms with Crippen LogP contribution in [0.5, 0.6) is 5.75 Å². The third kappa shape index (κ3) is 6.22. The van der Waals surface area contributed by atoms with Crippen LogP contribution >= 0.6 is 0 Å². The fourth-order valence-corrected chi connectivity index (χ4v) is 6.91. The van der Waals surface area contributed by atoms with E-state index in [4.69, 9.17) is 9.47 Å². The van der Waals surface area contributed by atoms with Crippen LogP contribution in [0.25, 0.3) is 0 Å². The van der Waals surface area contributed by atoms with Crippen molar-refractivity contribution >= 4 is 0 Å². The van der Waals surface area contributed by atoms with Crippen molar-refractivity contribution in [2.75, 3.05) is 13.2 Å². The van der Waals surface area contributed by atoms with E-state index in [2.05, 4.69) is 19.1 Å². The zero-order valence-electron chi connectivity index (χ0n) is 21.2. The Balaban J connectivity index is 1.20. The van der Waals surface area contributed by atoms with Crippen molar-refractivity contribution in [2.45, 2.75) is 103 Å². The Morgan fingerprint density at radius 1 is 0.882 bits per heavy atom. The lowest BCUT2D eigenvalue weighted by molar-refractivity contribution is -0.0724. The molecule has 34 heavy (non-hydrogen) atoms. The minimum Gasteiger partial charge on any atom is -0.491 e. The molecular formula is C30H44F2O2. The first-order valence-corrected chi connectivity index (χ1v) is 13.9. The van der Waals surface area contributed by atoms with E-state index in [0.29, 0.717) is 24.2 Å². The highest BCUT2D eigenvalue weighted by atomic mass is 19.2. The maximum Gasteiger partial charge on any atom is 0.200 e. The van der Waals surface area contributed by atoms with Gasteiger partial charge in [-0.1, -0.05) is 31.1 Å². The van der Waals surface area contributed by atoms with Crippen LogP contribution in [0, 0.1) is 35.3 Å². The fraction of sp³-hybridized carbons (Fsp3) is 0.733. The van der Waals surface area contributed by atoms with Gasteiger partial charge in [0.25, 0.3) is 0 Å². The molecule has 1 aromatic rings. The van der Waals surface area contributed by atoms with Gasteiger partial charge in [-0.05, 0) is 119 Å². The van der Waals surface area contributed by atoms with Crippen LogP contribution < -0.4 is 4.74 Å². The largest absolute Gasteiger partial charge is 0.491 e. The van der Waals surface area contributed by atoms with Crippen LogP contribution in [0.2, 0.25) is 0 Å². The van der Waals surface area contributed by atoms with Gasteiger partial charge in [-0.3, -0.25) is 0 Å². The molecule has 1 heterocycles. The lowest BCUT2D eigenvalue weighted by atomic mass is 9.71. The first-order chi connectivity index (χ1) is 16.6. The molecule has 3 aliphatic rings. The van der Waals surface area contributed by atoms with Gasteiger partial charge in [-0.2, -0.15) is 4.39 Å². The van der Waals surface area contributed by atoms with Crippen molar-refractivity contribution in [3.8, 4) is 5.75 Å². The lowest BCUT2D eigenvalue weighted by Crippen LogP contribution is -2.37. The smallest absolute Gasteiger partial charge is 0.200 e. The summed E-state index contributed by atoms with van der Waals surface area (Å²) in [6, 6.07) is 3.31. The predicted molar refractivity (Wildman–Crippen MR) is 134 cm³/mol. The van der Waals surface area contributed by atoms with Crippen LogP contribution in [-0.4, -0.2) is 19.3 Å². The van der Waals surface area contributed by atoms with Crippen LogP contribution in [0.4, 0.5) is 8.78 Å². The molecule has 0 bridgehead atoms. The Labute approximate surface area is 205 Å². The summed E-state index contributed by atoms with van der Waals surface area (Å²) in [4.78, 5) is 0. The molecule has 0 aromatic heterocycles. The van der Waals surface area contributed by atoms with Crippen molar-refractivity contribution < 1.29 is 18.3 Å². The maximum atomic E-state index is 14.7. The fourth-order valence-electron chi connectivity index (χ4n) is 6.91. The summed E-state index contributed by atoms with van der Waals surface area (Å²) in [7, 11) is 0. The number of hydrogen-bond donors (Lipinski definition) is 0. The summed E-state index contributed by atoms with van der Waals surface area (Å²) in [5.41, 5.74) is 0.519. The molecule has 1 aromatic carbocycles. The maximum absolute atomic E-state index is 14.7. The first-order valence-electron chi connectivity index (χ1n) is 13.9. The van der Waals surface area contributed by atoms with Crippen LogP contribution in [-0.2, 0) is 4.74 Å². The van der Waals surface area contributed by atoms with E-state index in [9.17, 15) is 8.78 Å². The molecule has 3 fully saturated rings. The molecule has 190 valence electrons. The highest BCUT2D eigenvalue weighted by Crippen LogP contribution is 2.44. The number of rotatable bonds is 8. The van der Waals surface area contributed by atoms with Crippen LogP contribution in [0.1, 0.15) is 102 Å². The molecule has 0 radical (unpaired) electrons. The van der Waals surface area contributed by atoms with E-state index in [0.717, 1.165) is 50.0 Å². The summed E-state index contributed by atoms with van der Waals surface area (Å²) in [6.45, 7) is 5.15. The Kier molecular flexibility index (Phi) is 9.45. The van der Waals surface area contributed by atoms with Gasteiger partial charge in [0.2, 0.25) is 5.82 Å². The molecule has 4 rings (SSSR count). The number of ether oxygens (including phenoxy) is 2. The van der Waals surface area contributed by atoms with Crippen molar-refractivity contribution in [3.05, 3.63) is 41.5 Å². The van der Waals surface area contributed by atoms with Crippen molar-refractivity contribution in [1.29, 1.82) is 0 Å². The van der Waals surface area contributed by atoms with Gasteiger partial charge in [0.05, 0.1) is 19.3 Å². The third-order valence-electron chi connectivity index (χ3n) is 9.00. The molecule has 2 unspecified atom stereocenters. The normalized spacial score (nSPS) is 32.7. The Morgan fingerprint density at radius 2 is 1.59 bits per heavy atom. The van der Waals surface area contributed by atoms with Crippen molar-refractivity contribution in [1.82, 2.24) is 0 Å². The van der Waals surface area contributed by atoms with Gasteiger partial charge >= 0.3 is 0 Å². The molecule has 1 saturated heterocycles. The zero-order chi connectivity index (χ0) is 23.9. The van der Waals surface area contributed by atoms with E-state index < -0.39 is 11.6 Å². The topological polar surface area (TPSA) is 18.5 Å². The third-order valence-corrected chi connectivity index (χ3v) is 9.00. The van der Waals surface area contributed by atoms with E-state index >= 15 is 0 Å². The summed E-state index contributed by atoms with van der Waals surface area (Å²) in [5.74, 6) is 1.64. The summed E-state index contributed by atoms with van der Waals surface area (Å²) < 4.78 is 40.6. The predicted octanol–water partition coefficient (Wildman–Crippen LogP) is 8.60. The second-order valence-corrected chi connectivity index (χ2v) is 11.0. The van der Waals surface area contributed by atoms with Crippen molar-refractivity contribution in [3.63, 3.8) is 0 Å². The Morgan fingerprint density at radius 3 is 2.24 bits per heavy atom. The molecule has 2 saturated carbocycles. The van der Waals surface area contributed by atoms with E-state index in [1.807, 2.05) is 0 Å². The molecule has 2 atom stereocenters. The molecule has 2 nitrogen and oxygen atoms in total. The highest BCUT2D eigenvalue weighted by molar-refractivity contribution is 5.33. The molecule has 0 amide bonds. The zero-order valence-corrected chi connectivity index (χ0v) is 21.2. The standard InChI is InChI=1S/C30H44F2O2/c1-3-5-6-7-21-8-10-22(11-9-21)25-16-18-27(34-20-25)24-14-12-23(13-15-24)26-17-19-28(33-4-2)30(32)29(26)31/h3,5,17,19,21-25,27H,4,6-16,18,20H2,1-2H3. The summed E-state index contributed by atoms with van der Waals surface area (Å²) in [5, 5.41) is 0. The molecule has 0 N–H and O–H groups in total. The summed E-state index contributed by atoms with van der Waals surface area (Å²) >= 11 is 0. The van der Waals surface area contributed by atoms with Gasteiger partial charge < -0.3 is 9.47 Å². The molecule has 0 spiro atoms. The lowest BCUT2D eigenvalue weighted by Gasteiger charge is -2.41. The second kappa shape index (κ2) is 12.5. The second-order valence-electron chi connectivity index (χ2n) is 11.0. The number of benzene rings is 1. The van der Waals surface area contributed by atoms with Crippen molar-refractivity contribution in [2.24, 2.45) is 23.7 Å². The molecule has 2 aliphatic carbocycles. The first kappa shape index (κ1) is 25.7. The highest BCUT2D eigenvalue weighted by Gasteiger charge is 2.36. The number of allylic oxidation sites excluding steroid dienone is 2. The molecule has 1 aliphatic heterocycles.